The van der Waals surface area contributed by atoms with Gasteiger partial charge < -0.3 is 9.84 Å². The van der Waals surface area contributed by atoms with E-state index in [0.717, 1.165) is 0 Å². The lowest BCUT2D eigenvalue weighted by Crippen LogP contribution is -2.40. The molecule has 7 heteroatoms. The van der Waals surface area contributed by atoms with E-state index in [9.17, 15) is 14.9 Å². The molecule has 98 valence electrons. The summed E-state index contributed by atoms with van der Waals surface area (Å²) in [5.74, 6) is -0.581. The summed E-state index contributed by atoms with van der Waals surface area (Å²) in [5.41, 5.74) is 0.625. The number of benzene rings is 1. The van der Waals surface area contributed by atoms with Crippen LogP contribution in [-0.2, 0) is 16.1 Å². The van der Waals surface area contributed by atoms with Crippen molar-refractivity contribution in [1.29, 1.82) is 0 Å². The van der Waals surface area contributed by atoms with E-state index in [1.807, 2.05) is 0 Å². The first kappa shape index (κ1) is 14.1. The minimum atomic E-state index is -0.839. The second-order valence-electron chi connectivity index (χ2n) is 3.57. The van der Waals surface area contributed by atoms with Crippen LogP contribution in [0.25, 0.3) is 0 Å². The molecule has 0 spiro atoms. The Labute approximate surface area is 104 Å². The van der Waals surface area contributed by atoms with Gasteiger partial charge in [0.2, 0.25) is 0 Å². The molecule has 1 rings (SSSR count). The molecular weight excluding hydrogens is 240 g/mol. The maximum atomic E-state index is 11.2. The minimum Gasteiger partial charge on any atom is -0.468 e. The molecule has 0 radical (unpaired) electrons. The van der Waals surface area contributed by atoms with E-state index < -0.39 is 23.5 Å². The van der Waals surface area contributed by atoms with Crippen molar-refractivity contribution in [2.45, 2.75) is 12.6 Å². The highest BCUT2D eigenvalue weighted by molar-refractivity contribution is 5.75. The Morgan fingerprint density at radius 3 is 2.89 bits per heavy atom. The SMILES string of the molecule is COC(=O)[C@H](CO)NCc1cccc([N+](=O)[O-])c1. The van der Waals surface area contributed by atoms with Crippen LogP contribution in [0.2, 0.25) is 0 Å². The summed E-state index contributed by atoms with van der Waals surface area (Å²) < 4.78 is 4.48. The Morgan fingerprint density at radius 2 is 2.33 bits per heavy atom. The zero-order valence-electron chi connectivity index (χ0n) is 9.83. The van der Waals surface area contributed by atoms with Crippen molar-refractivity contribution in [3.8, 4) is 0 Å². The van der Waals surface area contributed by atoms with Crippen molar-refractivity contribution < 1.29 is 19.6 Å². The summed E-state index contributed by atoms with van der Waals surface area (Å²) in [6.07, 6.45) is 0. The first-order chi connectivity index (χ1) is 8.58. The topological polar surface area (TPSA) is 102 Å². The van der Waals surface area contributed by atoms with Gasteiger partial charge in [0, 0.05) is 18.7 Å². The Kier molecular flexibility index (Phi) is 5.22. The van der Waals surface area contributed by atoms with Gasteiger partial charge in [-0.15, -0.1) is 0 Å². The number of carbonyl (C=O) groups excluding carboxylic acids is 1. The maximum Gasteiger partial charge on any atom is 0.325 e. The van der Waals surface area contributed by atoms with Crippen LogP contribution in [0, 0.1) is 10.1 Å². The molecule has 7 nitrogen and oxygen atoms in total. The van der Waals surface area contributed by atoms with Gasteiger partial charge in [0.1, 0.15) is 6.04 Å². The summed E-state index contributed by atoms with van der Waals surface area (Å²) in [7, 11) is 1.22. The number of aliphatic hydroxyl groups is 1. The fraction of sp³-hybridized carbons (Fsp3) is 0.364. The molecule has 0 heterocycles. The van der Waals surface area contributed by atoms with Crippen LogP contribution in [0.3, 0.4) is 0 Å². The van der Waals surface area contributed by atoms with Crippen LogP contribution in [0.1, 0.15) is 5.56 Å². The van der Waals surface area contributed by atoms with E-state index in [1.54, 1.807) is 12.1 Å². The lowest BCUT2D eigenvalue weighted by atomic mass is 10.2. The van der Waals surface area contributed by atoms with Crippen molar-refractivity contribution in [2.24, 2.45) is 0 Å². The van der Waals surface area contributed by atoms with Gasteiger partial charge in [-0.3, -0.25) is 20.2 Å². The second kappa shape index (κ2) is 6.67. The van der Waals surface area contributed by atoms with Crippen LogP contribution in [-0.4, -0.2) is 35.8 Å². The normalized spacial score (nSPS) is 11.9. The summed E-state index contributed by atoms with van der Waals surface area (Å²) >= 11 is 0. The largest absolute Gasteiger partial charge is 0.468 e. The first-order valence-corrected chi connectivity index (χ1v) is 5.24. The summed E-state index contributed by atoms with van der Waals surface area (Å²) in [4.78, 5) is 21.3. The van der Waals surface area contributed by atoms with Crippen LogP contribution >= 0.6 is 0 Å². The number of aliphatic hydroxyl groups excluding tert-OH is 1. The molecule has 0 bridgehead atoms. The summed E-state index contributed by atoms with van der Waals surface area (Å²) in [6.45, 7) is -0.177. The smallest absolute Gasteiger partial charge is 0.325 e. The monoisotopic (exact) mass is 254 g/mol. The lowest BCUT2D eigenvalue weighted by molar-refractivity contribution is -0.384. The number of carbonyl (C=O) groups is 1. The molecule has 0 unspecified atom stereocenters. The molecular formula is C11H14N2O5. The van der Waals surface area contributed by atoms with E-state index in [2.05, 4.69) is 10.1 Å². The highest BCUT2D eigenvalue weighted by atomic mass is 16.6. The number of non-ortho nitro benzene ring substituents is 1. The summed E-state index contributed by atoms with van der Waals surface area (Å²) in [5, 5.41) is 22.3. The van der Waals surface area contributed by atoms with Crippen LogP contribution in [0.15, 0.2) is 24.3 Å². The van der Waals surface area contributed by atoms with Gasteiger partial charge in [-0.1, -0.05) is 12.1 Å². The van der Waals surface area contributed by atoms with E-state index in [4.69, 9.17) is 5.11 Å². The Morgan fingerprint density at radius 1 is 1.61 bits per heavy atom. The summed E-state index contributed by atoms with van der Waals surface area (Å²) in [6, 6.07) is 5.19. The van der Waals surface area contributed by atoms with Crippen molar-refractivity contribution >= 4 is 11.7 Å². The van der Waals surface area contributed by atoms with Gasteiger partial charge in [0.05, 0.1) is 18.6 Å². The number of nitrogens with zero attached hydrogens (tertiary/aromatic N) is 1. The molecule has 2 N–H and O–H groups in total. The number of esters is 1. The predicted octanol–water partition coefficient (Wildman–Crippen LogP) is 0.218. The minimum absolute atomic E-state index is 0.0204. The molecule has 0 saturated heterocycles. The molecule has 1 aromatic carbocycles. The van der Waals surface area contributed by atoms with Gasteiger partial charge in [-0.05, 0) is 5.56 Å². The first-order valence-electron chi connectivity index (χ1n) is 5.24. The highest BCUT2D eigenvalue weighted by Gasteiger charge is 2.17. The fourth-order valence-corrected chi connectivity index (χ4v) is 1.39. The number of hydrogen-bond donors (Lipinski definition) is 2. The molecule has 18 heavy (non-hydrogen) atoms. The van der Waals surface area contributed by atoms with E-state index >= 15 is 0 Å². The lowest BCUT2D eigenvalue weighted by Gasteiger charge is -2.13. The second-order valence-corrected chi connectivity index (χ2v) is 3.57. The highest BCUT2D eigenvalue weighted by Crippen LogP contribution is 2.12. The Hall–Kier alpha value is -1.99. The molecule has 0 aliphatic carbocycles. The molecule has 0 aliphatic heterocycles. The zero-order valence-corrected chi connectivity index (χ0v) is 9.83. The maximum absolute atomic E-state index is 11.2. The number of nitrogens with one attached hydrogen (secondary N) is 1. The fourth-order valence-electron chi connectivity index (χ4n) is 1.39. The molecule has 0 fully saturated rings. The van der Waals surface area contributed by atoms with Gasteiger partial charge >= 0.3 is 5.97 Å². The third-order valence-electron chi connectivity index (χ3n) is 2.34. The van der Waals surface area contributed by atoms with Gasteiger partial charge in [0.25, 0.3) is 5.69 Å². The van der Waals surface area contributed by atoms with Gasteiger partial charge in [-0.2, -0.15) is 0 Å². The van der Waals surface area contributed by atoms with Crippen molar-refractivity contribution in [2.75, 3.05) is 13.7 Å². The average molecular weight is 254 g/mol. The number of nitro groups is 1. The standard InChI is InChI=1S/C11H14N2O5/c1-18-11(15)10(7-14)12-6-8-3-2-4-9(5-8)13(16)17/h2-5,10,12,14H,6-7H2,1H3/t10-/m0/s1. The number of methoxy groups -OCH3 is 1. The number of hydrogen-bond acceptors (Lipinski definition) is 6. The van der Waals surface area contributed by atoms with Crippen molar-refractivity contribution in [3.63, 3.8) is 0 Å². The van der Waals surface area contributed by atoms with Gasteiger partial charge in [0.15, 0.2) is 0 Å². The molecule has 0 saturated carbocycles. The third-order valence-corrected chi connectivity index (χ3v) is 2.34. The van der Waals surface area contributed by atoms with E-state index in [1.165, 1.54) is 19.2 Å². The molecule has 0 amide bonds. The van der Waals surface area contributed by atoms with Crippen molar-refractivity contribution in [3.05, 3.63) is 39.9 Å². The van der Waals surface area contributed by atoms with Crippen LogP contribution in [0.4, 0.5) is 5.69 Å². The molecule has 1 atom stereocenters. The average Bonchev–Trinajstić information content (AvgIpc) is 2.39. The number of nitro benzene ring substituents is 1. The number of ether oxygens (including phenoxy) is 1. The zero-order chi connectivity index (χ0) is 13.5. The third kappa shape index (κ3) is 3.79. The Balaban J connectivity index is 2.65. The van der Waals surface area contributed by atoms with E-state index in [-0.39, 0.29) is 12.2 Å². The van der Waals surface area contributed by atoms with Crippen LogP contribution in [0.5, 0.6) is 0 Å². The van der Waals surface area contributed by atoms with Crippen LogP contribution < -0.4 is 5.32 Å². The number of rotatable bonds is 6. The molecule has 0 aliphatic rings. The predicted molar refractivity (Wildman–Crippen MR) is 62.8 cm³/mol. The Bertz CT molecular complexity index is 435. The van der Waals surface area contributed by atoms with Crippen molar-refractivity contribution in [1.82, 2.24) is 5.32 Å². The molecule has 0 aromatic heterocycles. The molecule has 1 aromatic rings. The quantitative estimate of drug-likeness (QED) is 0.427. The van der Waals surface area contributed by atoms with Gasteiger partial charge in [-0.25, -0.2) is 0 Å². The van der Waals surface area contributed by atoms with E-state index in [0.29, 0.717) is 5.56 Å².